The summed E-state index contributed by atoms with van der Waals surface area (Å²) in [5, 5.41) is 6.13. The maximum atomic E-state index is 14.8. The minimum Gasteiger partial charge on any atom is -0.497 e. The lowest BCUT2D eigenvalue weighted by molar-refractivity contribution is -0.142. The minimum atomic E-state index is -1.32. The number of amides is 3. The first-order chi connectivity index (χ1) is 19.7. The number of halogens is 1. The van der Waals surface area contributed by atoms with Crippen LogP contribution >= 0.6 is 0 Å². The largest absolute Gasteiger partial charge is 0.497 e. The van der Waals surface area contributed by atoms with Crippen molar-refractivity contribution in [1.82, 2.24) is 10.2 Å². The van der Waals surface area contributed by atoms with Crippen LogP contribution in [0.25, 0.3) is 0 Å². The molecular formula is C32H36FN3O5. The highest BCUT2D eigenvalue weighted by Gasteiger charge is 2.72. The van der Waals surface area contributed by atoms with Gasteiger partial charge in [0.1, 0.15) is 23.2 Å². The fourth-order valence-corrected chi connectivity index (χ4v) is 7.20. The summed E-state index contributed by atoms with van der Waals surface area (Å²) in [5.41, 5.74) is -0.463. The number of fused-ring (bicyclic) bond motifs is 1. The number of carbonyl (C=O) groups excluding carboxylic acids is 3. The lowest BCUT2D eigenvalue weighted by atomic mass is 9.73. The second-order valence-electron chi connectivity index (χ2n) is 11.9. The van der Waals surface area contributed by atoms with Crippen molar-refractivity contribution in [3.05, 3.63) is 72.1 Å². The Morgan fingerprint density at radius 3 is 2.59 bits per heavy atom. The fraction of sp³-hybridized carbons (Fsp3) is 0.469. The van der Waals surface area contributed by atoms with Crippen LogP contribution in [0.15, 0.2) is 60.7 Å². The first-order valence-electron chi connectivity index (χ1n) is 14.4. The summed E-state index contributed by atoms with van der Waals surface area (Å²) in [6, 6.07) is 12.1. The first-order valence-corrected chi connectivity index (χ1v) is 14.4. The molecule has 2 bridgehead atoms. The van der Waals surface area contributed by atoms with E-state index >= 15 is 0 Å². The highest BCUT2D eigenvalue weighted by atomic mass is 19.1. The third-order valence-electron chi connectivity index (χ3n) is 9.62. The number of nitrogens with one attached hydrogen (secondary N) is 2. The second kappa shape index (κ2) is 10.6. The molecule has 9 heteroatoms. The third kappa shape index (κ3) is 4.60. The number of anilines is 1. The molecule has 3 fully saturated rings. The van der Waals surface area contributed by atoms with Crippen molar-refractivity contribution in [2.24, 2.45) is 23.7 Å². The van der Waals surface area contributed by atoms with Crippen LogP contribution in [0.5, 0.6) is 5.75 Å². The summed E-state index contributed by atoms with van der Waals surface area (Å²) in [6.45, 7) is 4.23. The van der Waals surface area contributed by atoms with Gasteiger partial charge in [0, 0.05) is 23.8 Å². The van der Waals surface area contributed by atoms with Gasteiger partial charge in [-0.3, -0.25) is 14.4 Å². The SMILES string of the molecule is COc1ccc(NC(=O)[C@@H]2[C@@H]3C=C[C@]4(O3)[C@@H]2C(=O)N(Cc2ccccc2F)[C@H]4C(=O)N[C@@H]2CCC[C@@H](C)[C@@H]2C)cc1. The normalized spacial score (nSPS) is 33.5. The molecule has 0 radical (unpaired) electrons. The Bertz CT molecular complexity index is 1380. The molecule has 2 N–H and O–H groups in total. The molecule has 2 aromatic rings. The van der Waals surface area contributed by atoms with Gasteiger partial charge < -0.3 is 25.0 Å². The van der Waals surface area contributed by atoms with Gasteiger partial charge in [-0.1, -0.05) is 57.0 Å². The predicted octanol–water partition coefficient (Wildman–Crippen LogP) is 4.06. The van der Waals surface area contributed by atoms with Gasteiger partial charge in [-0.05, 0) is 48.6 Å². The van der Waals surface area contributed by atoms with E-state index in [9.17, 15) is 18.8 Å². The quantitative estimate of drug-likeness (QED) is 0.497. The van der Waals surface area contributed by atoms with Crippen LogP contribution in [0.2, 0.25) is 0 Å². The highest BCUT2D eigenvalue weighted by molar-refractivity contribution is 6.02. The summed E-state index contributed by atoms with van der Waals surface area (Å²) >= 11 is 0. The second-order valence-corrected chi connectivity index (χ2v) is 11.9. The number of ether oxygens (including phenoxy) is 2. The molecule has 3 aliphatic heterocycles. The van der Waals surface area contributed by atoms with Crippen molar-refractivity contribution in [2.75, 3.05) is 12.4 Å². The van der Waals surface area contributed by atoms with Gasteiger partial charge in [-0.25, -0.2) is 4.39 Å². The van der Waals surface area contributed by atoms with E-state index in [1.165, 1.54) is 11.0 Å². The van der Waals surface area contributed by atoms with Crippen LogP contribution < -0.4 is 15.4 Å². The molecule has 3 heterocycles. The molecule has 6 rings (SSSR count). The van der Waals surface area contributed by atoms with E-state index in [1.807, 2.05) is 0 Å². The van der Waals surface area contributed by atoms with Crippen molar-refractivity contribution >= 4 is 23.4 Å². The molecule has 1 aliphatic carbocycles. The Labute approximate surface area is 239 Å². The van der Waals surface area contributed by atoms with E-state index in [2.05, 4.69) is 24.5 Å². The molecule has 216 valence electrons. The van der Waals surface area contributed by atoms with Crippen LogP contribution in [-0.4, -0.2) is 53.5 Å². The lowest BCUT2D eigenvalue weighted by Crippen LogP contribution is -2.57. The number of carbonyl (C=O) groups is 3. The molecule has 3 amide bonds. The molecule has 8 nitrogen and oxygen atoms in total. The van der Waals surface area contributed by atoms with Gasteiger partial charge in [-0.2, -0.15) is 0 Å². The summed E-state index contributed by atoms with van der Waals surface area (Å²) < 4.78 is 26.4. The summed E-state index contributed by atoms with van der Waals surface area (Å²) in [6.07, 6.45) is 5.88. The smallest absolute Gasteiger partial charge is 0.246 e. The Kier molecular flexibility index (Phi) is 7.09. The number of hydrogen-bond acceptors (Lipinski definition) is 5. The summed E-state index contributed by atoms with van der Waals surface area (Å²) in [4.78, 5) is 43.4. The zero-order valence-corrected chi connectivity index (χ0v) is 23.5. The molecule has 1 spiro atoms. The molecule has 1 saturated carbocycles. The minimum absolute atomic E-state index is 0.0381. The van der Waals surface area contributed by atoms with Crippen LogP contribution in [0.1, 0.15) is 38.7 Å². The van der Waals surface area contributed by atoms with Gasteiger partial charge in [0.05, 0.1) is 25.0 Å². The van der Waals surface area contributed by atoms with E-state index < -0.39 is 35.4 Å². The van der Waals surface area contributed by atoms with Crippen LogP contribution in [0.4, 0.5) is 10.1 Å². The fourth-order valence-electron chi connectivity index (χ4n) is 7.20. The molecule has 8 atom stereocenters. The molecule has 0 aromatic heterocycles. The van der Waals surface area contributed by atoms with Gasteiger partial charge in [0.25, 0.3) is 0 Å². The van der Waals surface area contributed by atoms with Crippen molar-refractivity contribution < 1.29 is 28.2 Å². The zero-order valence-electron chi connectivity index (χ0n) is 23.5. The zero-order chi connectivity index (χ0) is 28.9. The molecule has 2 saturated heterocycles. The number of nitrogens with zero attached hydrogens (tertiary/aromatic N) is 1. The average molecular weight is 562 g/mol. The lowest BCUT2D eigenvalue weighted by Gasteiger charge is -2.38. The summed E-state index contributed by atoms with van der Waals surface area (Å²) in [7, 11) is 1.56. The van der Waals surface area contributed by atoms with Crippen molar-refractivity contribution in [3.8, 4) is 5.75 Å². The maximum absolute atomic E-state index is 14.8. The standard InChI is InChI=1S/C32H36FN3O5/c1-18-7-6-10-24(19(18)2)35-30(38)28-32-16-15-25(41-32)26(29(37)34-21-11-13-22(40-3)14-12-21)27(32)31(39)36(28)17-20-8-4-5-9-23(20)33/h4-5,8-9,11-16,18-19,24-28H,6-7,10,17H2,1-3H3,(H,34,37)(H,35,38)/t18-,19+,24-,25+,26-,27+,28+,32+/m1/s1. The maximum Gasteiger partial charge on any atom is 0.246 e. The van der Waals surface area contributed by atoms with Gasteiger partial charge in [-0.15, -0.1) is 0 Å². The molecular weight excluding hydrogens is 525 g/mol. The number of benzene rings is 2. The Hall–Kier alpha value is -3.72. The van der Waals surface area contributed by atoms with E-state index in [1.54, 1.807) is 61.7 Å². The topological polar surface area (TPSA) is 97.0 Å². The van der Waals surface area contributed by atoms with E-state index in [0.717, 1.165) is 19.3 Å². The molecule has 0 unspecified atom stereocenters. The molecule has 2 aromatic carbocycles. The molecule has 4 aliphatic rings. The van der Waals surface area contributed by atoms with E-state index in [4.69, 9.17) is 9.47 Å². The number of methoxy groups -OCH3 is 1. The van der Waals surface area contributed by atoms with Crippen molar-refractivity contribution in [3.63, 3.8) is 0 Å². The van der Waals surface area contributed by atoms with Crippen LogP contribution in [0.3, 0.4) is 0 Å². The Morgan fingerprint density at radius 2 is 1.85 bits per heavy atom. The van der Waals surface area contributed by atoms with Gasteiger partial charge >= 0.3 is 0 Å². The van der Waals surface area contributed by atoms with Gasteiger partial charge in [0.15, 0.2) is 0 Å². The molecule has 41 heavy (non-hydrogen) atoms. The third-order valence-corrected chi connectivity index (χ3v) is 9.62. The Balaban J connectivity index is 1.32. The van der Waals surface area contributed by atoms with Crippen LogP contribution in [-0.2, 0) is 25.7 Å². The first kappa shape index (κ1) is 27.4. The number of rotatable bonds is 7. The van der Waals surface area contributed by atoms with Crippen molar-refractivity contribution in [1.29, 1.82) is 0 Å². The highest BCUT2D eigenvalue weighted by Crippen LogP contribution is 2.55. The van der Waals surface area contributed by atoms with Crippen molar-refractivity contribution in [2.45, 2.75) is 63.4 Å². The predicted molar refractivity (Wildman–Crippen MR) is 150 cm³/mol. The average Bonchev–Trinajstić information content (AvgIpc) is 3.60. The van der Waals surface area contributed by atoms with E-state index in [0.29, 0.717) is 22.9 Å². The number of hydrogen-bond donors (Lipinski definition) is 2. The Morgan fingerprint density at radius 1 is 1.10 bits per heavy atom. The van der Waals surface area contributed by atoms with Gasteiger partial charge in [0.2, 0.25) is 17.7 Å². The van der Waals surface area contributed by atoms with Crippen LogP contribution in [0, 0.1) is 29.5 Å². The summed E-state index contributed by atoms with van der Waals surface area (Å²) in [5.74, 6) is -1.92. The van der Waals surface area contributed by atoms with E-state index in [-0.39, 0.29) is 36.2 Å². The monoisotopic (exact) mass is 561 g/mol. The number of likely N-dealkylation sites (tertiary alicyclic amines) is 1.